The SMILES string of the molecule is CC(C)NCc1cnn(C2(C)CCS(=O)(=O)C2)c1. The third-order valence-electron chi connectivity index (χ3n) is 3.39. The van der Waals surface area contributed by atoms with Gasteiger partial charge in [-0.3, -0.25) is 4.68 Å². The molecule has 1 N–H and O–H groups in total. The first kappa shape index (κ1) is 13.5. The van der Waals surface area contributed by atoms with E-state index in [1.54, 1.807) is 0 Å². The molecule has 1 fully saturated rings. The van der Waals surface area contributed by atoms with Crippen molar-refractivity contribution in [1.29, 1.82) is 0 Å². The van der Waals surface area contributed by atoms with Crippen LogP contribution in [0.25, 0.3) is 0 Å². The maximum atomic E-state index is 11.6. The lowest BCUT2D eigenvalue weighted by atomic mass is 10.0. The highest BCUT2D eigenvalue weighted by molar-refractivity contribution is 7.91. The Labute approximate surface area is 108 Å². The van der Waals surface area contributed by atoms with Crippen LogP contribution in [0.15, 0.2) is 12.4 Å². The number of hydrogen-bond acceptors (Lipinski definition) is 4. The number of nitrogens with zero attached hydrogens (tertiary/aromatic N) is 2. The van der Waals surface area contributed by atoms with Crippen LogP contribution in [-0.4, -0.2) is 35.7 Å². The van der Waals surface area contributed by atoms with E-state index in [4.69, 9.17) is 0 Å². The van der Waals surface area contributed by atoms with Gasteiger partial charge in [0.15, 0.2) is 9.84 Å². The molecule has 1 saturated heterocycles. The molecule has 1 aliphatic rings. The summed E-state index contributed by atoms with van der Waals surface area (Å²) in [5, 5.41) is 7.65. The fraction of sp³-hybridized carbons (Fsp3) is 0.750. The first-order valence-corrected chi connectivity index (χ1v) is 8.11. The quantitative estimate of drug-likeness (QED) is 0.884. The zero-order chi connectivity index (χ0) is 13.4. The van der Waals surface area contributed by atoms with Crippen molar-refractivity contribution in [2.75, 3.05) is 11.5 Å². The largest absolute Gasteiger partial charge is 0.310 e. The maximum absolute atomic E-state index is 11.6. The molecule has 2 heterocycles. The fourth-order valence-corrected chi connectivity index (χ4v) is 4.36. The fourth-order valence-electron chi connectivity index (χ4n) is 2.24. The lowest BCUT2D eigenvalue weighted by Crippen LogP contribution is -2.31. The zero-order valence-electron chi connectivity index (χ0n) is 11.2. The second-order valence-corrected chi connectivity index (χ2v) is 7.85. The van der Waals surface area contributed by atoms with Crippen LogP contribution in [0.5, 0.6) is 0 Å². The van der Waals surface area contributed by atoms with Crippen molar-refractivity contribution in [2.24, 2.45) is 0 Å². The minimum absolute atomic E-state index is 0.193. The van der Waals surface area contributed by atoms with Crippen molar-refractivity contribution in [1.82, 2.24) is 15.1 Å². The number of hydrogen-bond donors (Lipinski definition) is 1. The first-order chi connectivity index (χ1) is 8.31. The van der Waals surface area contributed by atoms with Crippen LogP contribution in [0.2, 0.25) is 0 Å². The molecule has 6 heteroatoms. The molecule has 5 nitrogen and oxygen atoms in total. The summed E-state index contributed by atoms with van der Waals surface area (Å²) in [5.74, 6) is 0.460. The van der Waals surface area contributed by atoms with Gasteiger partial charge in [-0.05, 0) is 13.3 Å². The van der Waals surface area contributed by atoms with Gasteiger partial charge in [-0.15, -0.1) is 0 Å². The van der Waals surface area contributed by atoms with E-state index in [0.29, 0.717) is 12.5 Å². The predicted octanol–water partition coefficient (Wildman–Crippen LogP) is 0.915. The predicted molar refractivity (Wildman–Crippen MR) is 71.1 cm³/mol. The second-order valence-electron chi connectivity index (χ2n) is 5.67. The van der Waals surface area contributed by atoms with E-state index < -0.39 is 9.84 Å². The highest BCUT2D eigenvalue weighted by atomic mass is 32.2. The van der Waals surface area contributed by atoms with Gasteiger partial charge in [0, 0.05) is 24.3 Å². The molecule has 0 amide bonds. The summed E-state index contributed by atoms with van der Waals surface area (Å²) in [5.41, 5.74) is 0.712. The van der Waals surface area contributed by atoms with Gasteiger partial charge in [-0.25, -0.2) is 8.42 Å². The number of nitrogens with one attached hydrogen (secondary N) is 1. The van der Waals surface area contributed by atoms with E-state index in [-0.39, 0.29) is 17.0 Å². The monoisotopic (exact) mass is 271 g/mol. The van der Waals surface area contributed by atoms with Crippen LogP contribution >= 0.6 is 0 Å². The molecule has 1 atom stereocenters. The van der Waals surface area contributed by atoms with Crippen molar-refractivity contribution >= 4 is 9.84 Å². The van der Waals surface area contributed by atoms with Crippen molar-refractivity contribution in [2.45, 2.75) is 45.3 Å². The Morgan fingerprint density at radius 1 is 1.56 bits per heavy atom. The minimum Gasteiger partial charge on any atom is -0.310 e. The van der Waals surface area contributed by atoms with E-state index >= 15 is 0 Å². The molecule has 1 aromatic rings. The van der Waals surface area contributed by atoms with Gasteiger partial charge >= 0.3 is 0 Å². The summed E-state index contributed by atoms with van der Waals surface area (Å²) >= 11 is 0. The molecule has 0 spiro atoms. The van der Waals surface area contributed by atoms with Crippen LogP contribution in [0.4, 0.5) is 0 Å². The smallest absolute Gasteiger partial charge is 0.152 e. The molecule has 0 bridgehead atoms. The summed E-state index contributed by atoms with van der Waals surface area (Å²) in [6.07, 6.45) is 4.41. The number of sulfone groups is 1. The Bertz CT molecular complexity index is 521. The van der Waals surface area contributed by atoms with Gasteiger partial charge in [0.25, 0.3) is 0 Å². The molecule has 2 rings (SSSR count). The van der Waals surface area contributed by atoms with Gasteiger partial charge in [0.05, 0.1) is 23.2 Å². The Kier molecular flexibility index (Phi) is 3.51. The topological polar surface area (TPSA) is 64.0 Å². The molecule has 18 heavy (non-hydrogen) atoms. The van der Waals surface area contributed by atoms with E-state index in [1.165, 1.54) is 0 Å². The average Bonchev–Trinajstić information content (AvgIpc) is 2.81. The van der Waals surface area contributed by atoms with Crippen LogP contribution in [0.1, 0.15) is 32.8 Å². The molecule has 0 aromatic carbocycles. The van der Waals surface area contributed by atoms with E-state index in [9.17, 15) is 8.42 Å². The molecule has 1 aliphatic heterocycles. The Balaban J connectivity index is 2.10. The van der Waals surface area contributed by atoms with E-state index in [2.05, 4.69) is 24.3 Å². The first-order valence-electron chi connectivity index (χ1n) is 6.29. The second kappa shape index (κ2) is 4.66. The summed E-state index contributed by atoms with van der Waals surface area (Å²) in [6, 6.07) is 0.427. The Morgan fingerprint density at radius 2 is 2.28 bits per heavy atom. The number of aromatic nitrogens is 2. The lowest BCUT2D eigenvalue weighted by molar-refractivity contribution is 0.328. The van der Waals surface area contributed by atoms with Crippen LogP contribution in [0.3, 0.4) is 0 Å². The van der Waals surface area contributed by atoms with Crippen LogP contribution in [0, 0.1) is 0 Å². The summed E-state index contributed by atoms with van der Waals surface area (Å²) < 4.78 is 25.0. The standard InChI is InChI=1S/C12H21N3O2S/c1-10(2)13-6-11-7-14-15(8-11)12(3)4-5-18(16,17)9-12/h7-8,10,13H,4-6,9H2,1-3H3. The molecule has 0 radical (unpaired) electrons. The average molecular weight is 271 g/mol. The summed E-state index contributed by atoms with van der Waals surface area (Å²) in [4.78, 5) is 0. The summed E-state index contributed by atoms with van der Waals surface area (Å²) in [6.45, 7) is 6.91. The van der Waals surface area contributed by atoms with Gasteiger partial charge in [-0.2, -0.15) is 5.10 Å². The van der Waals surface area contributed by atoms with Gasteiger partial charge in [0.2, 0.25) is 0 Å². The molecule has 0 aliphatic carbocycles. The molecule has 0 saturated carbocycles. The molecule has 1 unspecified atom stereocenters. The van der Waals surface area contributed by atoms with Crippen LogP contribution < -0.4 is 5.32 Å². The third kappa shape index (κ3) is 2.92. The Hall–Kier alpha value is -0.880. The van der Waals surface area contributed by atoms with Crippen LogP contribution in [-0.2, 0) is 21.9 Å². The van der Waals surface area contributed by atoms with Crippen molar-refractivity contribution in [3.05, 3.63) is 18.0 Å². The highest BCUT2D eigenvalue weighted by Crippen LogP contribution is 2.30. The summed E-state index contributed by atoms with van der Waals surface area (Å²) in [7, 11) is -2.89. The maximum Gasteiger partial charge on any atom is 0.152 e. The third-order valence-corrected chi connectivity index (χ3v) is 5.27. The van der Waals surface area contributed by atoms with Crippen molar-refractivity contribution in [3.63, 3.8) is 0 Å². The van der Waals surface area contributed by atoms with E-state index in [0.717, 1.165) is 12.1 Å². The molecule has 1 aromatic heterocycles. The van der Waals surface area contributed by atoms with Crippen molar-refractivity contribution < 1.29 is 8.42 Å². The van der Waals surface area contributed by atoms with Gasteiger partial charge in [0.1, 0.15) is 0 Å². The van der Waals surface area contributed by atoms with E-state index in [1.807, 2.05) is 24.0 Å². The van der Waals surface area contributed by atoms with Gasteiger partial charge in [-0.1, -0.05) is 13.8 Å². The Morgan fingerprint density at radius 3 is 2.83 bits per heavy atom. The van der Waals surface area contributed by atoms with Crippen molar-refractivity contribution in [3.8, 4) is 0 Å². The molecular formula is C12H21N3O2S. The minimum atomic E-state index is -2.89. The van der Waals surface area contributed by atoms with Gasteiger partial charge < -0.3 is 5.32 Å². The molecule has 102 valence electrons. The number of rotatable bonds is 4. The molecular weight excluding hydrogens is 250 g/mol. The highest BCUT2D eigenvalue weighted by Gasteiger charge is 2.40. The normalized spacial score (nSPS) is 26.9. The zero-order valence-corrected chi connectivity index (χ0v) is 12.0. The lowest BCUT2D eigenvalue weighted by Gasteiger charge is -2.22.